The maximum absolute atomic E-state index is 11.5. The van der Waals surface area contributed by atoms with E-state index in [1.54, 1.807) is 23.1 Å². The van der Waals surface area contributed by atoms with Gasteiger partial charge in [-0.25, -0.2) is 4.98 Å². The highest BCUT2D eigenvalue weighted by atomic mass is 32.2. The molecule has 0 spiro atoms. The first-order valence-electron chi connectivity index (χ1n) is 5.72. The number of esters is 1. The largest absolute Gasteiger partial charge is 0.469 e. The van der Waals surface area contributed by atoms with Gasteiger partial charge in [0, 0.05) is 5.25 Å². The summed E-state index contributed by atoms with van der Waals surface area (Å²) in [6.45, 7) is 3.91. The standard InChI is InChI=1S/C13H15NO2S2/c1-8(12(15)16-3)9(2)17-13-14-10-6-4-5-7-11(10)18-13/h4-9H,1-3H3. The van der Waals surface area contributed by atoms with Gasteiger partial charge in [-0.3, -0.25) is 4.79 Å². The number of methoxy groups -OCH3 is 1. The summed E-state index contributed by atoms with van der Waals surface area (Å²) in [4.78, 5) is 16.0. The number of para-hydroxylation sites is 1. The number of fused-ring (bicyclic) bond motifs is 1. The SMILES string of the molecule is COC(=O)C(C)C(C)Sc1nc2ccccc2s1. The highest BCUT2D eigenvalue weighted by Crippen LogP contribution is 2.34. The minimum absolute atomic E-state index is 0.132. The number of aromatic nitrogens is 1. The van der Waals surface area contributed by atoms with Crippen molar-refractivity contribution in [3.63, 3.8) is 0 Å². The van der Waals surface area contributed by atoms with Crippen LogP contribution in [0.15, 0.2) is 28.6 Å². The van der Waals surface area contributed by atoms with Gasteiger partial charge >= 0.3 is 5.97 Å². The van der Waals surface area contributed by atoms with Crippen LogP contribution in [0.25, 0.3) is 10.2 Å². The molecular formula is C13H15NO2S2. The Kier molecular flexibility index (Phi) is 4.24. The van der Waals surface area contributed by atoms with E-state index in [0.29, 0.717) is 0 Å². The number of benzene rings is 1. The topological polar surface area (TPSA) is 39.2 Å². The molecule has 1 aromatic carbocycles. The second-order valence-electron chi connectivity index (χ2n) is 4.08. The molecule has 0 saturated heterocycles. The van der Waals surface area contributed by atoms with Gasteiger partial charge in [-0.1, -0.05) is 37.7 Å². The van der Waals surface area contributed by atoms with Gasteiger partial charge in [-0.2, -0.15) is 0 Å². The zero-order valence-corrected chi connectivity index (χ0v) is 12.2. The number of thioether (sulfide) groups is 1. The molecule has 96 valence electrons. The summed E-state index contributed by atoms with van der Waals surface area (Å²) in [6, 6.07) is 8.06. The van der Waals surface area contributed by atoms with Gasteiger partial charge in [0.15, 0.2) is 4.34 Å². The fourth-order valence-corrected chi connectivity index (χ4v) is 3.94. The molecule has 5 heteroatoms. The Morgan fingerprint density at radius 3 is 2.78 bits per heavy atom. The molecule has 0 saturated carbocycles. The van der Waals surface area contributed by atoms with Crippen LogP contribution in [-0.4, -0.2) is 23.3 Å². The van der Waals surface area contributed by atoms with E-state index in [0.717, 1.165) is 9.86 Å². The van der Waals surface area contributed by atoms with Crippen molar-refractivity contribution in [2.75, 3.05) is 7.11 Å². The predicted molar refractivity (Wildman–Crippen MR) is 76.1 cm³/mol. The summed E-state index contributed by atoms with van der Waals surface area (Å²) >= 11 is 3.29. The number of carbonyl (C=O) groups excluding carboxylic acids is 1. The van der Waals surface area contributed by atoms with Crippen LogP contribution in [0.5, 0.6) is 0 Å². The summed E-state index contributed by atoms with van der Waals surface area (Å²) in [7, 11) is 1.42. The van der Waals surface area contributed by atoms with E-state index in [-0.39, 0.29) is 17.1 Å². The first-order chi connectivity index (χ1) is 8.61. The minimum atomic E-state index is -0.170. The average molecular weight is 281 g/mol. The Bertz CT molecular complexity index is 520. The summed E-state index contributed by atoms with van der Waals surface area (Å²) < 4.78 is 6.94. The lowest BCUT2D eigenvalue weighted by Gasteiger charge is -2.15. The number of rotatable bonds is 4. The van der Waals surface area contributed by atoms with Gasteiger partial charge in [0.1, 0.15) is 0 Å². The van der Waals surface area contributed by atoms with Crippen molar-refractivity contribution in [1.29, 1.82) is 0 Å². The van der Waals surface area contributed by atoms with Crippen LogP contribution in [0.1, 0.15) is 13.8 Å². The Morgan fingerprint density at radius 1 is 1.39 bits per heavy atom. The van der Waals surface area contributed by atoms with Gasteiger partial charge in [-0.15, -0.1) is 11.3 Å². The zero-order chi connectivity index (χ0) is 13.1. The average Bonchev–Trinajstić information content (AvgIpc) is 2.78. The van der Waals surface area contributed by atoms with Crippen LogP contribution >= 0.6 is 23.1 Å². The quantitative estimate of drug-likeness (QED) is 0.634. The van der Waals surface area contributed by atoms with Crippen LogP contribution in [-0.2, 0) is 9.53 Å². The third-order valence-electron chi connectivity index (χ3n) is 2.84. The van der Waals surface area contributed by atoms with E-state index in [1.165, 1.54) is 11.8 Å². The van der Waals surface area contributed by atoms with Crippen molar-refractivity contribution in [3.05, 3.63) is 24.3 Å². The summed E-state index contributed by atoms with van der Waals surface area (Å²) in [6.07, 6.45) is 0. The van der Waals surface area contributed by atoms with Crippen LogP contribution < -0.4 is 0 Å². The number of carbonyl (C=O) groups is 1. The van der Waals surface area contributed by atoms with E-state index < -0.39 is 0 Å². The van der Waals surface area contributed by atoms with Crippen LogP contribution in [0.4, 0.5) is 0 Å². The molecule has 2 aromatic rings. The van der Waals surface area contributed by atoms with Gasteiger partial charge in [0.05, 0.1) is 23.2 Å². The molecule has 0 amide bonds. The Hall–Kier alpha value is -1.07. The van der Waals surface area contributed by atoms with Crippen molar-refractivity contribution in [2.45, 2.75) is 23.4 Å². The first-order valence-corrected chi connectivity index (χ1v) is 7.41. The number of ether oxygens (including phenoxy) is 1. The van der Waals surface area contributed by atoms with Crippen LogP contribution in [0.3, 0.4) is 0 Å². The molecule has 2 atom stereocenters. The van der Waals surface area contributed by atoms with Crippen molar-refractivity contribution in [3.8, 4) is 0 Å². The fraction of sp³-hybridized carbons (Fsp3) is 0.385. The van der Waals surface area contributed by atoms with Gasteiger partial charge in [0.25, 0.3) is 0 Å². The monoisotopic (exact) mass is 281 g/mol. The second-order valence-corrected chi connectivity index (χ2v) is 6.74. The van der Waals surface area contributed by atoms with E-state index >= 15 is 0 Å². The highest BCUT2D eigenvalue weighted by Gasteiger charge is 2.22. The summed E-state index contributed by atoms with van der Waals surface area (Å²) in [5.74, 6) is -0.303. The Balaban J connectivity index is 2.11. The fourth-order valence-electron chi connectivity index (χ4n) is 1.54. The smallest absolute Gasteiger partial charge is 0.309 e. The van der Waals surface area contributed by atoms with Gasteiger partial charge in [0.2, 0.25) is 0 Å². The molecule has 0 N–H and O–H groups in total. The van der Waals surface area contributed by atoms with Gasteiger partial charge in [-0.05, 0) is 12.1 Å². The maximum Gasteiger partial charge on any atom is 0.309 e. The van der Waals surface area contributed by atoms with Crippen molar-refractivity contribution >= 4 is 39.3 Å². The summed E-state index contributed by atoms with van der Waals surface area (Å²) in [5, 5.41) is 0.151. The van der Waals surface area contributed by atoms with Crippen molar-refractivity contribution in [1.82, 2.24) is 4.98 Å². The van der Waals surface area contributed by atoms with E-state index in [2.05, 4.69) is 11.1 Å². The summed E-state index contributed by atoms with van der Waals surface area (Å²) in [5.41, 5.74) is 1.02. The second kappa shape index (κ2) is 5.71. The molecule has 0 aliphatic rings. The van der Waals surface area contributed by atoms with E-state index in [1.807, 2.05) is 32.0 Å². The lowest BCUT2D eigenvalue weighted by molar-refractivity contribution is -0.144. The normalized spacial score (nSPS) is 14.4. The maximum atomic E-state index is 11.5. The number of hydrogen-bond donors (Lipinski definition) is 0. The van der Waals surface area contributed by atoms with E-state index in [4.69, 9.17) is 4.74 Å². The Morgan fingerprint density at radius 2 is 2.11 bits per heavy atom. The molecule has 18 heavy (non-hydrogen) atoms. The predicted octanol–water partition coefficient (Wildman–Crippen LogP) is 3.59. The Labute approximate surface area is 115 Å². The minimum Gasteiger partial charge on any atom is -0.469 e. The third-order valence-corrected chi connectivity index (χ3v) is 5.28. The van der Waals surface area contributed by atoms with Crippen molar-refractivity contribution in [2.24, 2.45) is 5.92 Å². The number of nitrogens with zero attached hydrogens (tertiary/aromatic N) is 1. The molecule has 0 aliphatic heterocycles. The molecule has 1 aromatic heterocycles. The third kappa shape index (κ3) is 2.84. The lowest BCUT2D eigenvalue weighted by Crippen LogP contribution is -2.21. The molecule has 2 rings (SSSR count). The first kappa shape index (κ1) is 13.4. The van der Waals surface area contributed by atoms with Crippen LogP contribution in [0.2, 0.25) is 0 Å². The molecule has 2 unspecified atom stereocenters. The number of thiazole rings is 1. The molecule has 1 heterocycles. The molecule has 0 aliphatic carbocycles. The molecule has 0 radical (unpaired) electrons. The van der Waals surface area contributed by atoms with Crippen molar-refractivity contribution < 1.29 is 9.53 Å². The van der Waals surface area contributed by atoms with Crippen LogP contribution in [0, 0.1) is 5.92 Å². The van der Waals surface area contributed by atoms with Gasteiger partial charge < -0.3 is 4.74 Å². The number of hydrogen-bond acceptors (Lipinski definition) is 5. The molecule has 0 fully saturated rings. The molecular weight excluding hydrogens is 266 g/mol. The lowest BCUT2D eigenvalue weighted by atomic mass is 10.1. The highest BCUT2D eigenvalue weighted by molar-refractivity contribution is 8.01. The molecule has 0 bridgehead atoms. The van der Waals surface area contributed by atoms with E-state index in [9.17, 15) is 4.79 Å². The molecule has 3 nitrogen and oxygen atoms in total. The zero-order valence-electron chi connectivity index (χ0n) is 10.5.